The van der Waals surface area contributed by atoms with E-state index in [2.05, 4.69) is 15.1 Å². The number of hydrogen-bond donors (Lipinski definition) is 0. The molecule has 2 aliphatic heterocycles. The molecule has 2 aliphatic rings. The van der Waals surface area contributed by atoms with Crippen LogP contribution in [0.3, 0.4) is 0 Å². The van der Waals surface area contributed by atoms with Gasteiger partial charge in [0.2, 0.25) is 0 Å². The molecule has 0 bridgehead atoms. The Hall–Kier alpha value is -1.40. The summed E-state index contributed by atoms with van der Waals surface area (Å²) in [4.78, 5) is 2.26. The highest BCUT2D eigenvalue weighted by molar-refractivity contribution is 5.55. The molecule has 0 aliphatic carbocycles. The van der Waals surface area contributed by atoms with Crippen molar-refractivity contribution in [3.05, 3.63) is 11.8 Å². The second-order valence-corrected chi connectivity index (χ2v) is 5.21. The van der Waals surface area contributed by atoms with Gasteiger partial charge in [-0.2, -0.15) is 5.10 Å². The maximum atomic E-state index is 6.06. The summed E-state index contributed by atoms with van der Waals surface area (Å²) >= 11 is 0. The first-order valence-corrected chi connectivity index (χ1v) is 7.24. The van der Waals surface area contributed by atoms with Crippen LogP contribution in [0.2, 0.25) is 0 Å². The zero-order valence-corrected chi connectivity index (χ0v) is 11.9. The van der Waals surface area contributed by atoms with Crippen molar-refractivity contribution in [2.24, 2.45) is 0 Å². The van der Waals surface area contributed by atoms with Crippen molar-refractivity contribution in [1.82, 2.24) is 10.2 Å². The average molecular weight is 279 g/mol. The fraction of sp³-hybridized carbons (Fsp3) is 0.714. The molecule has 0 amide bonds. The predicted molar refractivity (Wildman–Crippen MR) is 74.3 cm³/mol. The van der Waals surface area contributed by atoms with E-state index in [1.807, 2.05) is 13.0 Å². The topological polar surface area (TPSA) is 56.7 Å². The maximum absolute atomic E-state index is 6.06. The zero-order chi connectivity index (χ0) is 13.8. The lowest BCUT2D eigenvalue weighted by molar-refractivity contribution is 0.0234. The smallest absolute Gasteiger partial charge is 0.257 e. The SMILES string of the molecule is Cc1cc(N2CCOCC2)c(OC2CCOCC2)nn1. The van der Waals surface area contributed by atoms with Crippen molar-refractivity contribution < 1.29 is 14.2 Å². The first kappa shape index (κ1) is 13.6. The maximum Gasteiger partial charge on any atom is 0.257 e. The van der Waals surface area contributed by atoms with E-state index in [1.165, 1.54) is 0 Å². The summed E-state index contributed by atoms with van der Waals surface area (Å²) in [5.41, 5.74) is 1.94. The summed E-state index contributed by atoms with van der Waals surface area (Å²) in [7, 11) is 0. The molecule has 0 unspecified atom stereocenters. The number of hydrogen-bond acceptors (Lipinski definition) is 6. The molecule has 0 spiro atoms. The Balaban J connectivity index is 1.77. The van der Waals surface area contributed by atoms with Crippen molar-refractivity contribution >= 4 is 5.69 Å². The predicted octanol–water partition coefficient (Wildman–Crippen LogP) is 1.18. The second-order valence-electron chi connectivity index (χ2n) is 5.21. The van der Waals surface area contributed by atoms with Crippen molar-refractivity contribution in [3.63, 3.8) is 0 Å². The number of ether oxygens (including phenoxy) is 3. The highest BCUT2D eigenvalue weighted by Gasteiger charge is 2.22. The molecular weight excluding hydrogens is 258 g/mol. The minimum atomic E-state index is 0.181. The number of aromatic nitrogens is 2. The third-order valence-electron chi connectivity index (χ3n) is 3.66. The van der Waals surface area contributed by atoms with Crippen LogP contribution in [0.1, 0.15) is 18.5 Å². The molecule has 2 saturated heterocycles. The molecule has 2 fully saturated rings. The first-order chi connectivity index (χ1) is 9.83. The molecule has 1 aromatic rings. The Morgan fingerprint density at radius 3 is 2.55 bits per heavy atom. The Bertz CT molecular complexity index is 443. The van der Waals surface area contributed by atoms with E-state index in [0.717, 1.165) is 63.7 Å². The quantitative estimate of drug-likeness (QED) is 0.828. The van der Waals surface area contributed by atoms with Crippen LogP contribution in [-0.4, -0.2) is 55.8 Å². The number of rotatable bonds is 3. The van der Waals surface area contributed by atoms with Gasteiger partial charge in [-0.3, -0.25) is 0 Å². The fourth-order valence-corrected chi connectivity index (χ4v) is 2.53. The van der Waals surface area contributed by atoms with Gasteiger partial charge in [-0.1, -0.05) is 0 Å². The van der Waals surface area contributed by atoms with E-state index >= 15 is 0 Å². The van der Waals surface area contributed by atoms with Gasteiger partial charge >= 0.3 is 0 Å². The summed E-state index contributed by atoms with van der Waals surface area (Å²) < 4.78 is 16.8. The fourth-order valence-electron chi connectivity index (χ4n) is 2.53. The largest absolute Gasteiger partial charge is 0.472 e. The number of morpholine rings is 1. The zero-order valence-electron chi connectivity index (χ0n) is 11.9. The van der Waals surface area contributed by atoms with E-state index in [9.17, 15) is 0 Å². The van der Waals surface area contributed by atoms with E-state index in [4.69, 9.17) is 14.2 Å². The van der Waals surface area contributed by atoms with Crippen LogP contribution in [0.25, 0.3) is 0 Å². The number of aryl methyl sites for hydroxylation is 1. The molecule has 0 radical (unpaired) electrons. The van der Waals surface area contributed by atoms with Gasteiger partial charge in [0.05, 0.1) is 32.1 Å². The van der Waals surface area contributed by atoms with Crippen LogP contribution in [0.15, 0.2) is 6.07 Å². The Kier molecular flexibility index (Phi) is 4.32. The third-order valence-corrected chi connectivity index (χ3v) is 3.66. The molecular formula is C14H21N3O3. The standard InChI is InChI=1S/C14H21N3O3/c1-11-10-13(17-4-8-19-9-5-17)14(16-15-11)20-12-2-6-18-7-3-12/h10,12H,2-9H2,1H3. The Morgan fingerprint density at radius 2 is 1.80 bits per heavy atom. The Labute approximate surface area is 119 Å². The molecule has 0 aromatic carbocycles. The minimum Gasteiger partial charge on any atom is -0.472 e. The summed E-state index contributed by atoms with van der Waals surface area (Å²) in [5, 5.41) is 8.39. The average Bonchev–Trinajstić information content (AvgIpc) is 2.51. The van der Waals surface area contributed by atoms with E-state index in [0.29, 0.717) is 5.88 Å². The van der Waals surface area contributed by atoms with Gasteiger partial charge < -0.3 is 19.1 Å². The number of nitrogens with zero attached hydrogens (tertiary/aromatic N) is 3. The monoisotopic (exact) mass is 279 g/mol. The molecule has 20 heavy (non-hydrogen) atoms. The molecule has 3 heterocycles. The highest BCUT2D eigenvalue weighted by Crippen LogP contribution is 2.28. The molecule has 1 aromatic heterocycles. The van der Waals surface area contributed by atoms with Gasteiger partial charge in [-0.15, -0.1) is 5.10 Å². The van der Waals surface area contributed by atoms with Crippen molar-refractivity contribution in [2.45, 2.75) is 25.9 Å². The molecule has 3 rings (SSSR count). The summed E-state index contributed by atoms with van der Waals surface area (Å²) in [6, 6.07) is 2.05. The van der Waals surface area contributed by atoms with Crippen LogP contribution < -0.4 is 9.64 Å². The van der Waals surface area contributed by atoms with Gasteiger partial charge in [-0.05, 0) is 13.0 Å². The molecule has 110 valence electrons. The van der Waals surface area contributed by atoms with E-state index in [1.54, 1.807) is 0 Å². The summed E-state index contributed by atoms with van der Waals surface area (Å²) in [5.74, 6) is 0.643. The van der Waals surface area contributed by atoms with Gasteiger partial charge in [0.25, 0.3) is 5.88 Å². The van der Waals surface area contributed by atoms with Crippen molar-refractivity contribution in [3.8, 4) is 5.88 Å². The van der Waals surface area contributed by atoms with Gasteiger partial charge in [0, 0.05) is 25.9 Å². The van der Waals surface area contributed by atoms with Crippen molar-refractivity contribution in [1.29, 1.82) is 0 Å². The van der Waals surface area contributed by atoms with Crippen molar-refractivity contribution in [2.75, 3.05) is 44.4 Å². The highest BCUT2D eigenvalue weighted by atomic mass is 16.5. The van der Waals surface area contributed by atoms with Gasteiger partial charge in [0.1, 0.15) is 11.8 Å². The van der Waals surface area contributed by atoms with Crippen LogP contribution >= 0.6 is 0 Å². The van der Waals surface area contributed by atoms with Crippen LogP contribution in [0.5, 0.6) is 5.88 Å². The molecule has 6 heteroatoms. The lowest BCUT2D eigenvalue weighted by Crippen LogP contribution is -2.37. The minimum absolute atomic E-state index is 0.181. The molecule has 0 atom stereocenters. The lowest BCUT2D eigenvalue weighted by atomic mass is 10.1. The second kappa shape index (κ2) is 6.37. The lowest BCUT2D eigenvalue weighted by Gasteiger charge is -2.31. The van der Waals surface area contributed by atoms with Crippen LogP contribution in [-0.2, 0) is 9.47 Å². The number of anilines is 1. The van der Waals surface area contributed by atoms with E-state index in [-0.39, 0.29) is 6.10 Å². The normalized spacial score (nSPS) is 20.9. The van der Waals surface area contributed by atoms with Crippen LogP contribution in [0, 0.1) is 6.92 Å². The third kappa shape index (κ3) is 3.19. The Morgan fingerprint density at radius 1 is 1.10 bits per heavy atom. The molecule has 0 saturated carbocycles. The van der Waals surface area contributed by atoms with Gasteiger partial charge in [-0.25, -0.2) is 0 Å². The van der Waals surface area contributed by atoms with Gasteiger partial charge in [0.15, 0.2) is 0 Å². The molecule has 0 N–H and O–H groups in total. The summed E-state index contributed by atoms with van der Waals surface area (Å²) in [6.45, 7) is 6.71. The van der Waals surface area contributed by atoms with Crippen LogP contribution in [0.4, 0.5) is 5.69 Å². The first-order valence-electron chi connectivity index (χ1n) is 7.24. The van der Waals surface area contributed by atoms with E-state index < -0.39 is 0 Å². The summed E-state index contributed by atoms with van der Waals surface area (Å²) in [6.07, 6.45) is 2.01. The molecule has 6 nitrogen and oxygen atoms in total.